The van der Waals surface area contributed by atoms with Gasteiger partial charge in [-0.1, -0.05) is 30.0 Å². The fourth-order valence-electron chi connectivity index (χ4n) is 2.76. The first-order valence-corrected chi connectivity index (χ1v) is 10.5. The molecule has 0 bridgehead atoms. The number of carbonyl (C=O) groups excluding carboxylic acids is 2. The third kappa shape index (κ3) is 4.13. The number of hydrogen-bond donors (Lipinski definition) is 3. The summed E-state index contributed by atoms with van der Waals surface area (Å²) in [6, 6.07) is 0. The maximum Gasteiger partial charge on any atom is 0.251 e. The smallest absolute Gasteiger partial charge is 0.251 e. The number of primary amides is 1. The molecule has 1 aliphatic carbocycles. The summed E-state index contributed by atoms with van der Waals surface area (Å²) < 4.78 is 0.717. The zero-order chi connectivity index (χ0) is 18.0. The van der Waals surface area contributed by atoms with Crippen LogP contribution in [0.25, 0.3) is 0 Å². The van der Waals surface area contributed by atoms with E-state index in [0.29, 0.717) is 26.0 Å². The number of thioether (sulfide) groups is 1. The summed E-state index contributed by atoms with van der Waals surface area (Å²) in [6.45, 7) is 2.20. The number of rotatable bonds is 6. The molecule has 0 fully saturated rings. The SMILES string of the molecule is CNc1nnc(SCC(=O)Nc2sc3c(c2C(N)=O)CC[C@H](C)C3)s1. The van der Waals surface area contributed by atoms with Gasteiger partial charge in [-0.05, 0) is 30.7 Å². The Balaban J connectivity index is 1.69. The summed E-state index contributed by atoms with van der Waals surface area (Å²) in [7, 11) is 1.77. The highest BCUT2D eigenvalue weighted by molar-refractivity contribution is 8.01. The average Bonchev–Trinajstić information content (AvgIpc) is 3.16. The fourth-order valence-corrected chi connectivity index (χ4v) is 5.70. The number of amides is 2. The van der Waals surface area contributed by atoms with Gasteiger partial charge in [-0.25, -0.2) is 0 Å². The molecule has 1 atom stereocenters. The molecular formula is C15H19N5O2S3. The molecule has 0 unspecified atom stereocenters. The second-order valence-electron chi connectivity index (χ2n) is 5.88. The molecule has 25 heavy (non-hydrogen) atoms. The molecule has 3 rings (SSSR count). The average molecular weight is 398 g/mol. The van der Waals surface area contributed by atoms with Gasteiger partial charge in [-0.2, -0.15) is 0 Å². The van der Waals surface area contributed by atoms with Crippen LogP contribution in [0, 0.1) is 5.92 Å². The Bertz CT molecular complexity index is 801. The normalized spacial score (nSPS) is 16.3. The van der Waals surface area contributed by atoms with Crippen LogP contribution >= 0.6 is 34.4 Å². The molecule has 134 valence electrons. The van der Waals surface area contributed by atoms with Crippen molar-refractivity contribution in [2.75, 3.05) is 23.4 Å². The lowest BCUT2D eigenvalue weighted by molar-refractivity contribution is -0.113. The first kappa shape index (κ1) is 18.2. The number of carbonyl (C=O) groups is 2. The van der Waals surface area contributed by atoms with Crippen molar-refractivity contribution in [3.63, 3.8) is 0 Å². The molecule has 2 aromatic rings. The largest absolute Gasteiger partial charge is 0.365 e. The molecule has 2 aromatic heterocycles. The summed E-state index contributed by atoms with van der Waals surface area (Å²) >= 11 is 4.18. The predicted molar refractivity (Wildman–Crippen MR) is 103 cm³/mol. The highest BCUT2D eigenvalue weighted by atomic mass is 32.2. The Kier molecular flexibility index (Phi) is 5.60. The topological polar surface area (TPSA) is 110 Å². The summed E-state index contributed by atoms with van der Waals surface area (Å²) in [5.74, 6) is 0.137. The van der Waals surface area contributed by atoms with Crippen molar-refractivity contribution in [1.82, 2.24) is 10.2 Å². The van der Waals surface area contributed by atoms with E-state index in [4.69, 9.17) is 5.73 Å². The number of hydrogen-bond acceptors (Lipinski definition) is 8. The van der Waals surface area contributed by atoms with Crippen LogP contribution in [0.4, 0.5) is 10.1 Å². The highest BCUT2D eigenvalue weighted by Crippen LogP contribution is 2.39. The molecule has 2 heterocycles. The summed E-state index contributed by atoms with van der Waals surface area (Å²) in [4.78, 5) is 25.3. The van der Waals surface area contributed by atoms with Crippen molar-refractivity contribution in [2.24, 2.45) is 11.7 Å². The third-order valence-corrected chi connectivity index (χ3v) is 7.20. The molecule has 0 saturated heterocycles. The molecule has 0 radical (unpaired) electrons. The van der Waals surface area contributed by atoms with Crippen molar-refractivity contribution >= 4 is 56.4 Å². The minimum atomic E-state index is -0.474. The first-order valence-electron chi connectivity index (χ1n) is 7.86. The molecule has 1 aliphatic rings. The molecule has 0 spiro atoms. The van der Waals surface area contributed by atoms with Gasteiger partial charge in [0.05, 0.1) is 11.3 Å². The number of anilines is 2. The van der Waals surface area contributed by atoms with Gasteiger partial charge >= 0.3 is 0 Å². The van der Waals surface area contributed by atoms with Crippen LogP contribution in [-0.2, 0) is 17.6 Å². The Morgan fingerprint density at radius 3 is 2.84 bits per heavy atom. The standard InChI is InChI=1S/C15H19N5O2S3/c1-7-3-4-8-9(5-7)24-13(11(8)12(16)22)18-10(21)6-23-15-20-19-14(17-2)25-15/h7H,3-6H2,1-2H3,(H2,16,22)(H,17,19)(H,18,21)/t7-/m0/s1. The zero-order valence-corrected chi connectivity index (χ0v) is 16.4. The van der Waals surface area contributed by atoms with E-state index in [2.05, 4.69) is 27.8 Å². The van der Waals surface area contributed by atoms with Crippen molar-refractivity contribution in [3.05, 3.63) is 16.0 Å². The van der Waals surface area contributed by atoms with Crippen LogP contribution in [0.3, 0.4) is 0 Å². The highest BCUT2D eigenvalue weighted by Gasteiger charge is 2.27. The molecule has 10 heteroatoms. The lowest BCUT2D eigenvalue weighted by Gasteiger charge is -2.18. The Morgan fingerprint density at radius 2 is 2.16 bits per heavy atom. The van der Waals surface area contributed by atoms with Crippen LogP contribution in [0.2, 0.25) is 0 Å². The van der Waals surface area contributed by atoms with Crippen LogP contribution in [-0.4, -0.2) is 34.8 Å². The van der Waals surface area contributed by atoms with Crippen molar-refractivity contribution in [2.45, 2.75) is 30.5 Å². The van der Waals surface area contributed by atoms with Gasteiger partial charge in [0.1, 0.15) is 5.00 Å². The third-order valence-electron chi connectivity index (χ3n) is 3.96. The summed E-state index contributed by atoms with van der Waals surface area (Å²) in [6.07, 6.45) is 2.81. The predicted octanol–water partition coefficient (Wildman–Crippen LogP) is 2.60. The van der Waals surface area contributed by atoms with Crippen LogP contribution in [0.15, 0.2) is 4.34 Å². The van der Waals surface area contributed by atoms with Gasteiger partial charge in [0, 0.05) is 11.9 Å². The molecule has 0 aromatic carbocycles. The number of thiophene rings is 1. The molecular weight excluding hydrogens is 378 g/mol. The lowest BCUT2D eigenvalue weighted by atomic mass is 9.88. The van der Waals surface area contributed by atoms with Gasteiger partial charge in [0.15, 0.2) is 4.34 Å². The fraction of sp³-hybridized carbons (Fsp3) is 0.467. The molecule has 0 saturated carbocycles. The number of nitrogens with two attached hydrogens (primary N) is 1. The van der Waals surface area contributed by atoms with E-state index in [-0.39, 0.29) is 11.7 Å². The van der Waals surface area contributed by atoms with E-state index in [1.807, 2.05) is 0 Å². The van der Waals surface area contributed by atoms with E-state index >= 15 is 0 Å². The second kappa shape index (κ2) is 7.71. The van der Waals surface area contributed by atoms with E-state index in [1.165, 1.54) is 39.3 Å². The maximum absolute atomic E-state index is 12.3. The first-order chi connectivity index (χ1) is 12.0. The van der Waals surface area contributed by atoms with Crippen molar-refractivity contribution in [3.8, 4) is 0 Å². The van der Waals surface area contributed by atoms with E-state index < -0.39 is 5.91 Å². The minimum absolute atomic E-state index is 0.180. The summed E-state index contributed by atoms with van der Waals surface area (Å²) in [5, 5.41) is 15.0. The van der Waals surface area contributed by atoms with Crippen LogP contribution < -0.4 is 16.4 Å². The van der Waals surface area contributed by atoms with Gasteiger partial charge < -0.3 is 16.4 Å². The quantitative estimate of drug-likeness (QED) is 0.646. The summed E-state index contributed by atoms with van der Waals surface area (Å²) in [5.41, 5.74) is 7.06. The molecule has 2 amide bonds. The molecule has 0 aliphatic heterocycles. The van der Waals surface area contributed by atoms with Crippen molar-refractivity contribution in [1.29, 1.82) is 0 Å². The number of aromatic nitrogens is 2. The zero-order valence-electron chi connectivity index (χ0n) is 13.9. The maximum atomic E-state index is 12.3. The second-order valence-corrected chi connectivity index (χ2v) is 9.19. The Hall–Kier alpha value is -1.65. The lowest BCUT2D eigenvalue weighted by Crippen LogP contribution is -2.20. The minimum Gasteiger partial charge on any atom is -0.365 e. The molecule has 4 N–H and O–H groups in total. The van der Waals surface area contributed by atoms with Crippen LogP contribution in [0.1, 0.15) is 34.1 Å². The Morgan fingerprint density at radius 1 is 1.36 bits per heavy atom. The van der Waals surface area contributed by atoms with E-state index in [0.717, 1.165) is 24.8 Å². The van der Waals surface area contributed by atoms with Crippen LogP contribution in [0.5, 0.6) is 0 Å². The van der Waals surface area contributed by atoms with Gasteiger partial charge in [0.25, 0.3) is 5.91 Å². The monoisotopic (exact) mass is 397 g/mol. The number of nitrogens with one attached hydrogen (secondary N) is 2. The number of nitrogens with zero attached hydrogens (tertiary/aromatic N) is 2. The molecule has 7 nitrogen and oxygen atoms in total. The van der Waals surface area contributed by atoms with E-state index in [1.54, 1.807) is 7.05 Å². The van der Waals surface area contributed by atoms with Gasteiger partial charge in [0.2, 0.25) is 11.0 Å². The Labute approximate surface area is 157 Å². The van der Waals surface area contributed by atoms with Gasteiger partial charge in [-0.3, -0.25) is 9.59 Å². The number of fused-ring (bicyclic) bond motifs is 1. The van der Waals surface area contributed by atoms with E-state index in [9.17, 15) is 9.59 Å². The van der Waals surface area contributed by atoms with Crippen molar-refractivity contribution < 1.29 is 9.59 Å². The van der Waals surface area contributed by atoms with Gasteiger partial charge in [-0.15, -0.1) is 21.5 Å².